The molecule has 0 unspecified atom stereocenters. The van der Waals surface area contributed by atoms with Crippen molar-refractivity contribution in [3.8, 4) is 0 Å². The molecule has 0 bridgehead atoms. The zero-order chi connectivity index (χ0) is 32.5. The van der Waals surface area contributed by atoms with Gasteiger partial charge in [-0.05, 0) is 60.7 Å². The number of H-pyrrole nitrogens is 4. The first-order valence-electron chi connectivity index (χ1n) is 15.7. The monoisotopic (exact) mass is 626 g/mol. The Morgan fingerprint density at radius 2 is 0.667 bits per heavy atom. The molecule has 9 aromatic rings. The normalized spacial score (nSPS) is 12.3. The van der Waals surface area contributed by atoms with Gasteiger partial charge in [-0.25, -0.2) is 0 Å². The topological polar surface area (TPSA) is 131 Å². The molecule has 8 nitrogen and oxygen atoms in total. The van der Waals surface area contributed by atoms with E-state index in [4.69, 9.17) is 0 Å². The number of hydrogen-bond donors (Lipinski definition) is 4. The Labute approximate surface area is 270 Å². The van der Waals surface area contributed by atoms with Crippen molar-refractivity contribution in [2.24, 2.45) is 0 Å². The predicted octanol–water partition coefficient (Wildman–Crippen LogP) is 6.54. The fourth-order valence-corrected chi connectivity index (χ4v) is 7.03. The fourth-order valence-electron chi connectivity index (χ4n) is 7.03. The predicted molar refractivity (Wildman–Crippen MR) is 192 cm³/mol. The van der Waals surface area contributed by atoms with E-state index >= 15 is 0 Å². The number of fused-ring (bicyclic) bond motifs is 8. The second-order valence-electron chi connectivity index (χ2n) is 12.2. The molecule has 5 aromatic carbocycles. The van der Waals surface area contributed by atoms with Crippen molar-refractivity contribution in [2.45, 2.75) is 12.8 Å². The number of para-hydroxylation sites is 4. The lowest BCUT2D eigenvalue weighted by Crippen LogP contribution is -2.25. The van der Waals surface area contributed by atoms with Crippen LogP contribution in [-0.2, 0) is 12.8 Å². The molecule has 1 aliphatic rings. The van der Waals surface area contributed by atoms with E-state index in [1.165, 1.54) is 0 Å². The number of rotatable bonds is 0. The number of pyridine rings is 4. The van der Waals surface area contributed by atoms with Crippen LogP contribution in [-0.4, -0.2) is 19.9 Å². The highest BCUT2D eigenvalue weighted by Gasteiger charge is 2.23. The third-order valence-electron chi connectivity index (χ3n) is 9.43. The van der Waals surface area contributed by atoms with Gasteiger partial charge in [-0.15, -0.1) is 0 Å². The van der Waals surface area contributed by atoms with E-state index in [1.807, 2.05) is 91.0 Å². The maximum Gasteiger partial charge on any atom is 0.197 e. The van der Waals surface area contributed by atoms with Gasteiger partial charge in [0.2, 0.25) is 0 Å². The van der Waals surface area contributed by atoms with E-state index in [9.17, 15) is 19.2 Å². The first-order chi connectivity index (χ1) is 23.4. The van der Waals surface area contributed by atoms with Crippen molar-refractivity contribution >= 4 is 65.4 Å². The summed E-state index contributed by atoms with van der Waals surface area (Å²) in [4.78, 5) is 64.5. The molecule has 0 aliphatic heterocycles. The van der Waals surface area contributed by atoms with Crippen molar-refractivity contribution in [3.05, 3.63) is 173 Å². The highest BCUT2D eigenvalue weighted by Crippen LogP contribution is 2.25. The van der Waals surface area contributed by atoms with Gasteiger partial charge in [0.25, 0.3) is 0 Å². The highest BCUT2D eigenvalue weighted by molar-refractivity contribution is 6.02. The summed E-state index contributed by atoms with van der Waals surface area (Å²) in [5.74, 6) is 0. The summed E-state index contributed by atoms with van der Waals surface area (Å²) < 4.78 is 0. The third kappa shape index (κ3) is 4.23. The van der Waals surface area contributed by atoms with Gasteiger partial charge in [0.05, 0.1) is 11.0 Å². The second-order valence-corrected chi connectivity index (χ2v) is 12.2. The molecule has 0 fully saturated rings. The molecule has 8 heteroatoms. The summed E-state index contributed by atoms with van der Waals surface area (Å²) in [7, 11) is 0. The average molecular weight is 627 g/mol. The van der Waals surface area contributed by atoms with Crippen molar-refractivity contribution in [1.29, 1.82) is 0 Å². The SMILES string of the molecule is O=c1c2c([nH]c3ccccc13)Cc1c([nH]c3ccccc3c1=O)C2.O=c1c2ccccc2[nH]c2cc3[nH]c4ccccc4c(=O)c3cc12. The van der Waals surface area contributed by atoms with E-state index in [2.05, 4.69) is 19.9 Å². The number of aromatic amines is 4. The zero-order valence-corrected chi connectivity index (χ0v) is 25.4. The average Bonchev–Trinajstić information content (AvgIpc) is 3.12. The maximum absolute atomic E-state index is 12.8. The quantitative estimate of drug-likeness (QED) is 0.142. The number of hydrogen-bond acceptors (Lipinski definition) is 4. The number of nitrogens with one attached hydrogen (secondary N) is 4. The van der Waals surface area contributed by atoms with Crippen molar-refractivity contribution in [1.82, 2.24) is 19.9 Å². The molecule has 48 heavy (non-hydrogen) atoms. The van der Waals surface area contributed by atoms with Crippen LogP contribution >= 0.6 is 0 Å². The van der Waals surface area contributed by atoms with E-state index in [0.717, 1.165) is 55.6 Å². The lowest BCUT2D eigenvalue weighted by molar-refractivity contribution is 0.905. The molecule has 0 saturated carbocycles. The Balaban J connectivity index is 0.000000131. The van der Waals surface area contributed by atoms with Crippen LogP contribution < -0.4 is 21.7 Å². The lowest BCUT2D eigenvalue weighted by atomic mass is 9.90. The molecule has 230 valence electrons. The minimum atomic E-state index is -0.0613. The molecule has 4 heterocycles. The van der Waals surface area contributed by atoms with Crippen LogP contribution in [0.2, 0.25) is 0 Å². The second kappa shape index (κ2) is 10.5. The van der Waals surface area contributed by atoms with E-state index < -0.39 is 0 Å². The van der Waals surface area contributed by atoms with E-state index in [-0.39, 0.29) is 21.7 Å². The summed E-state index contributed by atoms with van der Waals surface area (Å²) in [5, 5.41) is 3.71. The third-order valence-corrected chi connectivity index (χ3v) is 9.43. The Kier molecular flexibility index (Phi) is 6.07. The molecule has 0 saturated heterocycles. The molecule has 0 amide bonds. The summed E-state index contributed by atoms with van der Waals surface area (Å²) in [6.45, 7) is 0. The first kappa shape index (κ1) is 27.7. The van der Waals surface area contributed by atoms with Gasteiger partial charge in [0.1, 0.15) is 0 Å². The lowest BCUT2D eigenvalue weighted by Gasteiger charge is -2.20. The van der Waals surface area contributed by atoms with Crippen LogP contribution in [0.4, 0.5) is 0 Å². The minimum Gasteiger partial charge on any atom is -0.358 e. The summed E-state index contributed by atoms with van der Waals surface area (Å²) in [6.07, 6.45) is 0.926. The highest BCUT2D eigenvalue weighted by atomic mass is 16.1. The number of aromatic nitrogens is 4. The van der Waals surface area contributed by atoms with Crippen LogP contribution in [0.5, 0.6) is 0 Å². The molecule has 0 radical (unpaired) electrons. The van der Waals surface area contributed by atoms with Gasteiger partial charge in [0, 0.05) is 89.7 Å². The van der Waals surface area contributed by atoms with Gasteiger partial charge in [-0.2, -0.15) is 0 Å². The van der Waals surface area contributed by atoms with Crippen molar-refractivity contribution in [2.75, 3.05) is 0 Å². The van der Waals surface area contributed by atoms with Gasteiger partial charge in [0.15, 0.2) is 21.7 Å². The van der Waals surface area contributed by atoms with Gasteiger partial charge in [-0.3, -0.25) is 19.2 Å². The van der Waals surface area contributed by atoms with Gasteiger partial charge >= 0.3 is 0 Å². The molecule has 10 rings (SSSR count). The Morgan fingerprint density at radius 3 is 1.06 bits per heavy atom. The van der Waals surface area contributed by atoms with Crippen LogP contribution in [0.1, 0.15) is 22.5 Å². The maximum atomic E-state index is 12.8. The molecular formula is C40H26N4O4. The van der Waals surface area contributed by atoms with Crippen molar-refractivity contribution < 1.29 is 0 Å². The molecule has 0 atom stereocenters. The molecular weight excluding hydrogens is 600 g/mol. The summed E-state index contributed by atoms with van der Waals surface area (Å²) in [6, 6.07) is 33.4. The first-order valence-corrected chi connectivity index (χ1v) is 15.7. The summed E-state index contributed by atoms with van der Waals surface area (Å²) >= 11 is 0. The van der Waals surface area contributed by atoms with E-state index in [0.29, 0.717) is 45.2 Å². The van der Waals surface area contributed by atoms with Gasteiger partial charge in [-0.1, -0.05) is 48.5 Å². The molecule has 4 aromatic heterocycles. The van der Waals surface area contributed by atoms with Crippen LogP contribution in [0.25, 0.3) is 65.4 Å². The molecule has 0 spiro atoms. The fraction of sp³-hybridized carbons (Fsp3) is 0.0500. The molecule has 1 aliphatic carbocycles. The van der Waals surface area contributed by atoms with Gasteiger partial charge < -0.3 is 19.9 Å². The standard InChI is InChI=1S/C20H14N2O2.C20H12N2O2/c23-19-11-5-1-3-7-15(11)21-17-10-14-18(9-13(17)19)22-16-8-4-2-6-12(16)20(14)24;23-19-11-5-1-3-7-15(11)21-17-10-18-14(9-13(17)19)20(24)12-6-2-4-8-16(12)22-18/h1-8H,9-10H2,(H,21,23)(H,22,24);1-10H,(H,21,23)(H,22,24). The van der Waals surface area contributed by atoms with Crippen LogP contribution in [0.15, 0.2) is 128 Å². The van der Waals surface area contributed by atoms with Crippen LogP contribution in [0, 0.1) is 0 Å². The van der Waals surface area contributed by atoms with E-state index in [1.54, 1.807) is 18.2 Å². The smallest absolute Gasteiger partial charge is 0.197 e. The Hall–Kier alpha value is -6.54. The largest absolute Gasteiger partial charge is 0.358 e. The zero-order valence-electron chi connectivity index (χ0n) is 25.4. The molecule has 4 N–H and O–H groups in total. The number of benzene rings is 5. The van der Waals surface area contributed by atoms with Crippen molar-refractivity contribution in [3.63, 3.8) is 0 Å². The summed E-state index contributed by atoms with van der Waals surface area (Å²) in [5.41, 5.74) is 7.87. The minimum absolute atomic E-state index is 0.0546. The Bertz CT molecular complexity index is 2850. The Morgan fingerprint density at radius 1 is 0.333 bits per heavy atom. The van der Waals surface area contributed by atoms with Crippen LogP contribution in [0.3, 0.4) is 0 Å².